The average Bonchev–Trinajstić information content (AvgIpc) is 2.94. The molecule has 138 valence electrons. The van der Waals surface area contributed by atoms with Gasteiger partial charge in [0.15, 0.2) is 5.96 Å². The largest absolute Gasteiger partial charge is 0.377 e. The number of nitrogens with one attached hydrogen (secondary N) is 2. The van der Waals surface area contributed by atoms with Gasteiger partial charge in [-0.15, -0.1) is 24.0 Å². The highest BCUT2D eigenvalue weighted by atomic mass is 127. The van der Waals surface area contributed by atoms with Crippen molar-refractivity contribution in [2.45, 2.75) is 44.2 Å². The molecule has 1 aromatic rings. The Balaban J connectivity index is 0.00000182. The predicted octanol–water partition coefficient (Wildman–Crippen LogP) is 3.11. The molecule has 3 unspecified atom stereocenters. The van der Waals surface area contributed by atoms with E-state index in [1.54, 1.807) is 12.1 Å². The van der Waals surface area contributed by atoms with Gasteiger partial charge in [0.05, 0.1) is 6.10 Å². The zero-order chi connectivity index (χ0) is 16.6. The van der Waals surface area contributed by atoms with E-state index >= 15 is 0 Å². The van der Waals surface area contributed by atoms with E-state index in [-0.39, 0.29) is 29.8 Å². The normalized spacial score (nSPS) is 29.2. The average molecular weight is 459 g/mol. The van der Waals surface area contributed by atoms with E-state index in [1.165, 1.54) is 25.3 Å². The summed E-state index contributed by atoms with van der Waals surface area (Å²) in [6.45, 7) is 1.65. The van der Waals surface area contributed by atoms with Crippen LogP contribution in [-0.2, 0) is 11.2 Å². The molecule has 3 atom stereocenters. The first-order chi connectivity index (χ1) is 11.7. The number of guanidine groups is 1. The number of rotatable bonds is 4. The molecule has 4 nitrogen and oxygen atoms in total. The van der Waals surface area contributed by atoms with Crippen molar-refractivity contribution in [1.29, 1.82) is 0 Å². The van der Waals surface area contributed by atoms with Crippen LogP contribution in [0.4, 0.5) is 4.39 Å². The lowest BCUT2D eigenvalue weighted by atomic mass is 9.46. The maximum Gasteiger partial charge on any atom is 0.191 e. The summed E-state index contributed by atoms with van der Waals surface area (Å²) in [4.78, 5) is 4.38. The van der Waals surface area contributed by atoms with Crippen LogP contribution in [-0.4, -0.2) is 38.3 Å². The van der Waals surface area contributed by atoms with Crippen LogP contribution in [0.5, 0.6) is 0 Å². The molecule has 4 rings (SSSR count). The van der Waals surface area contributed by atoms with E-state index in [9.17, 15) is 4.39 Å². The highest BCUT2D eigenvalue weighted by Gasteiger charge is 2.66. The van der Waals surface area contributed by atoms with E-state index in [1.807, 2.05) is 13.1 Å². The number of fused-ring (bicyclic) bond motifs is 2. The van der Waals surface area contributed by atoms with Gasteiger partial charge in [0.2, 0.25) is 0 Å². The fraction of sp³-hybridized carbons (Fsp3) is 0.632. The van der Waals surface area contributed by atoms with Gasteiger partial charge < -0.3 is 15.4 Å². The molecule has 25 heavy (non-hydrogen) atoms. The molecule has 3 aliphatic rings. The predicted molar refractivity (Wildman–Crippen MR) is 108 cm³/mol. The molecule has 1 aromatic carbocycles. The SMILES string of the molecule is CN=C(NCCc1cccc(F)c1)NC1C2CCOC2C12CCC2.I. The first-order valence-electron chi connectivity index (χ1n) is 9.06. The third kappa shape index (κ3) is 3.39. The maximum atomic E-state index is 13.2. The van der Waals surface area contributed by atoms with Crippen molar-refractivity contribution in [3.8, 4) is 0 Å². The lowest BCUT2D eigenvalue weighted by Crippen LogP contribution is -2.72. The summed E-state index contributed by atoms with van der Waals surface area (Å²) in [5.74, 6) is 1.31. The van der Waals surface area contributed by atoms with Gasteiger partial charge in [0, 0.05) is 37.6 Å². The molecule has 0 bridgehead atoms. The van der Waals surface area contributed by atoms with E-state index in [0.29, 0.717) is 23.5 Å². The molecule has 0 radical (unpaired) electrons. The van der Waals surface area contributed by atoms with Crippen molar-refractivity contribution >= 4 is 29.9 Å². The molecule has 2 saturated carbocycles. The van der Waals surface area contributed by atoms with Crippen molar-refractivity contribution in [1.82, 2.24) is 10.6 Å². The molecule has 2 N–H and O–H groups in total. The molecule has 3 fully saturated rings. The number of ether oxygens (including phenoxy) is 1. The highest BCUT2D eigenvalue weighted by Crippen LogP contribution is 2.62. The third-order valence-electron chi connectivity index (χ3n) is 6.15. The van der Waals surface area contributed by atoms with Gasteiger partial charge in [-0.3, -0.25) is 4.99 Å². The molecule has 1 aliphatic heterocycles. The quantitative estimate of drug-likeness (QED) is 0.414. The molecule has 6 heteroatoms. The van der Waals surface area contributed by atoms with Crippen LogP contribution < -0.4 is 10.6 Å². The van der Waals surface area contributed by atoms with Gasteiger partial charge in [0.25, 0.3) is 0 Å². The zero-order valence-corrected chi connectivity index (χ0v) is 17.0. The van der Waals surface area contributed by atoms with Crippen LogP contribution in [0, 0.1) is 17.2 Å². The first-order valence-corrected chi connectivity index (χ1v) is 9.06. The topological polar surface area (TPSA) is 45.7 Å². The summed E-state index contributed by atoms with van der Waals surface area (Å²) in [5.41, 5.74) is 1.35. The van der Waals surface area contributed by atoms with Crippen LogP contribution in [0.1, 0.15) is 31.2 Å². The van der Waals surface area contributed by atoms with Gasteiger partial charge in [0.1, 0.15) is 5.82 Å². The van der Waals surface area contributed by atoms with Gasteiger partial charge in [-0.1, -0.05) is 18.6 Å². The smallest absolute Gasteiger partial charge is 0.191 e. The Morgan fingerprint density at radius 1 is 1.40 bits per heavy atom. The number of hydrogen-bond acceptors (Lipinski definition) is 2. The van der Waals surface area contributed by atoms with Crippen molar-refractivity contribution in [2.24, 2.45) is 16.3 Å². The molecular formula is C19H27FIN3O. The summed E-state index contributed by atoms with van der Waals surface area (Å²) < 4.78 is 19.2. The zero-order valence-electron chi connectivity index (χ0n) is 14.6. The monoisotopic (exact) mass is 459 g/mol. The lowest BCUT2D eigenvalue weighted by molar-refractivity contribution is -0.171. The van der Waals surface area contributed by atoms with Gasteiger partial charge >= 0.3 is 0 Å². The summed E-state index contributed by atoms with van der Waals surface area (Å²) >= 11 is 0. The van der Waals surface area contributed by atoms with Crippen LogP contribution in [0.25, 0.3) is 0 Å². The van der Waals surface area contributed by atoms with Gasteiger partial charge in [-0.05, 0) is 43.4 Å². The van der Waals surface area contributed by atoms with Crippen LogP contribution >= 0.6 is 24.0 Å². The Labute approximate surface area is 166 Å². The summed E-state index contributed by atoms with van der Waals surface area (Å²) in [7, 11) is 1.81. The molecule has 1 heterocycles. The van der Waals surface area contributed by atoms with E-state index < -0.39 is 0 Å². The van der Waals surface area contributed by atoms with Crippen molar-refractivity contribution in [3.05, 3.63) is 35.6 Å². The lowest BCUT2D eigenvalue weighted by Gasteiger charge is -2.63. The summed E-state index contributed by atoms with van der Waals surface area (Å²) in [5, 5.41) is 7.03. The second-order valence-electron chi connectivity index (χ2n) is 7.33. The van der Waals surface area contributed by atoms with Crippen LogP contribution in [0.3, 0.4) is 0 Å². The van der Waals surface area contributed by atoms with Crippen LogP contribution in [0.2, 0.25) is 0 Å². The maximum absolute atomic E-state index is 13.2. The summed E-state index contributed by atoms with van der Waals surface area (Å²) in [6.07, 6.45) is 6.26. The Morgan fingerprint density at radius 2 is 2.24 bits per heavy atom. The number of halogens is 2. The fourth-order valence-corrected chi connectivity index (χ4v) is 4.82. The fourth-order valence-electron chi connectivity index (χ4n) is 4.82. The van der Waals surface area contributed by atoms with E-state index in [0.717, 1.165) is 37.5 Å². The molecule has 0 aromatic heterocycles. The van der Waals surface area contributed by atoms with Gasteiger partial charge in [-0.2, -0.15) is 0 Å². The van der Waals surface area contributed by atoms with E-state index in [2.05, 4.69) is 15.6 Å². The van der Waals surface area contributed by atoms with Crippen molar-refractivity contribution in [2.75, 3.05) is 20.2 Å². The standard InChI is InChI=1S/C19H26FN3O.HI/c1-21-18(22-10-6-13-4-2-5-14(20)12-13)23-16-15-7-11-24-17(15)19(16)8-3-9-19;/h2,4-5,12,15-17H,3,6-11H2,1H3,(H2,21,22,23);1H. The molecule has 1 saturated heterocycles. The molecule has 2 aliphatic carbocycles. The molecule has 0 amide bonds. The second-order valence-corrected chi connectivity index (χ2v) is 7.33. The Bertz CT molecular complexity index is 635. The van der Waals surface area contributed by atoms with Crippen LogP contribution in [0.15, 0.2) is 29.3 Å². The second kappa shape index (κ2) is 7.78. The Morgan fingerprint density at radius 3 is 2.92 bits per heavy atom. The minimum absolute atomic E-state index is 0. The van der Waals surface area contributed by atoms with Crippen molar-refractivity contribution < 1.29 is 9.13 Å². The Kier molecular flexibility index (Phi) is 5.88. The number of hydrogen-bond donors (Lipinski definition) is 2. The molecular weight excluding hydrogens is 432 g/mol. The number of aliphatic imine (C=N–C) groups is 1. The molecule has 1 spiro atoms. The minimum Gasteiger partial charge on any atom is -0.377 e. The summed E-state index contributed by atoms with van der Waals surface area (Å²) in [6, 6.07) is 7.27. The highest BCUT2D eigenvalue weighted by molar-refractivity contribution is 14.0. The number of benzene rings is 1. The van der Waals surface area contributed by atoms with Gasteiger partial charge in [-0.25, -0.2) is 4.39 Å². The Hall–Kier alpha value is -0.890. The third-order valence-corrected chi connectivity index (χ3v) is 6.15. The number of nitrogens with zero attached hydrogens (tertiary/aromatic N) is 1. The van der Waals surface area contributed by atoms with E-state index in [4.69, 9.17) is 4.74 Å². The van der Waals surface area contributed by atoms with Crippen molar-refractivity contribution in [3.63, 3.8) is 0 Å². The minimum atomic E-state index is -0.177. The first kappa shape index (κ1) is 18.9.